The van der Waals surface area contributed by atoms with E-state index in [2.05, 4.69) is 54.7 Å². The predicted molar refractivity (Wildman–Crippen MR) is 205 cm³/mol. The van der Waals surface area contributed by atoms with Crippen molar-refractivity contribution in [3.05, 3.63) is 113 Å². The zero-order valence-corrected chi connectivity index (χ0v) is 30.8. The van der Waals surface area contributed by atoms with Crippen LogP contribution in [0, 0.1) is 11.6 Å². The number of aromatic nitrogens is 4. The summed E-state index contributed by atoms with van der Waals surface area (Å²) in [6.07, 6.45) is 2.84. The number of anilines is 2. The highest BCUT2D eigenvalue weighted by atomic mass is 32.1. The standard InChI is InChI=1S/C40H38F2N8O3S/c1-40(2,3)53-39(52)46-32(18-23-16-27(41)20-28(42)17-23)34-30(25-4-5-26-22-45-37(51)31(26)19-25)21-33-36(47-34)48-38(54-33)50-14-12-49(13-15-50)29-8-6-24(7-9-29)35-43-10-11-44-35/h4-11,16-17,19-21,32H,12-15,18,22H2,1-3H3,(H,43,44)(H,45,51)(H,46,52)/t32-/m0/s1. The van der Waals surface area contributed by atoms with E-state index in [-0.39, 0.29) is 12.3 Å². The molecule has 1 atom stereocenters. The number of halogens is 2. The molecule has 5 heterocycles. The van der Waals surface area contributed by atoms with Crippen LogP contribution < -0.4 is 20.4 Å². The van der Waals surface area contributed by atoms with Gasteiger partial charge in [-0.2, -0.15) is 4.98 Å². The molecular formula is C40H38F2N8O3S. The minimum Gasteiger partial charge on any atom is -0.444 e. The van der Waals surface area contributed by atoms with Gasteiger partial charge in [-0.1, -0.05) is 23.5 Å². The lowest BCUT2D eigenvalue weighted by Gasteiger charge is -2.36. The van der Waals surface area contributed by atoms with Crippen molar-refractivity contribution in [1.29, 1.82) is 0 Å². The molecule has 276 valence electrons. The summed E-state index contributed by atoms with van der Waals surface area (Å²) in [4.78, 5) is 48.1. The molecule has 3 aromatic carbocycles. The fourth-order valence-corrected chi connectivity index (χ4v) is 7.92. The van der Waals surface area contributed by atoms with E-state index in [0.717, 1.165) is 64.7 Å². The third-order valence-electron chi connectivity index (χ3n) is 9.44. The van der Waals surface area contributed by atoms with Gasteiger partial charge in [-0.25, -0.2) is 23.5 Å². The summed E-state index contributed by atoms with van der Waals surface area (Å²) in [7, 11) is 0. The van der Waals surface area contributed by atoms with Crippen molar-refractivity contribution in [1.82, 2.24) is 30.6 Å². The SMILES string of the molecule is CC(C)(C)OC(=O)N[C@@H](Cc1cc(F)cc(F)c1)c1nc2nc(N3CCN(c4ccc(-c5ncc[nH]5)cc4)CC3)sc2cc1-c1ccc2c(c1)C(=O)NC2. The summed E-state index contributed by atoms with van der Waals surface area (Å²) in [5, 5.41) is 6.60. The predicted octanol–water partition coefficient (Wildman–Crippen LogP) is 7.41. The largest absolute Gasteiger partial charge is 0.444 e. The van der Waals surface area contributed by atoms with Gasteiger partial charge in [0, 0.05) is 73.6 Å². The number of aromatic amines is 1. The molecule has 14 heteroatoms. The third kappa shape index (κ3) is 7.47. The molecule has 6 aromatic rings. The van der Waals surface area contributed by atoms with Crippen LogP contribution in [0.5, 0.6) is 0 Å². The lowest BCUT2D eigenvalue weighted by atomic mass is 9.93. The van der Waals surface area contributed by atoms with E-state index >= 15 is 0 Å². The minimum atomic E-state index is -0.879. The zero-order valence-electron chi connectivity index (χ0n) is 30.0. The van der Waals surface area contributed by atoms with Crippen molar-refractivity contribution >= 4 is 44.5 Å². The maximum Gasteiger partial charge on any atom is 0.408 e. The van der Waals surface area contributed by atoms with Crippen molar-refractivity contribution in [3.63, 3.8) is 0 Å². The smallest absolute Gasteiger partial charge is 0.408 e. The van der Waals surface area contributed by atoms with Crippen LogP contribution in [0.4, 0.5) is 24.4 Å². The zero-order chi connectivity index (χ0) is 37.6. The molecule has 0 radical (unpaired) electrons. The average Bonchev–Trinajstić information content (AvgIpc) is 3.90. The lowest BCUT2D eigenvalue weighted by molar-refractivity contribution is 0.0502. The number of nitrogens with zero attached hydrogens (tertiary/aromatic N) is 5. The van der Waals surface area contributed by atoms with E-state index in [1.165, 1.54) is 23.5 Å². The highest BCUT2D eigenvalue weighted by Crippen LogP contribution is 2.38. The number of carbonyl (C=O) groups excluding carboxylic acids is 2. The van der Waals surface area contributed by atoms with Gasteiger partial charge in [0.15, 0.2) is 10.8 Å². The lowest BCUT2D eigenvalue weighted by Crippen LogP contribution is -2.46. The first-order valence-electron chi connectivity index (χ1n) is 17.7. The molecule has 0 unspecified atom stereocenters. The number of fused-ring (bicyclic) bond motifs is 2. The van der Waals surface area contributed by atoms with Gasteiger partial charge >= 0.3 is 6.09 Å². The van der Waals surface area contributed by atoms with E-state index in [9.17, 15) is 18.4 Å². The van der Waals surface area contributed by atoms with Crippen molar-refractivity contribution in [2.45, 2.75) is 45.4 Å². The van der Waals surface area contributed by atoms with Crippen molar-refractivity contribution in [3.8, 4) is 22.5 Å². The highest BCUT2D eigenvalue weighted by molar-refractivity contribution is 7.22. The Balaban J connectivity index is 1.14. The van der Waals surface area contributed by atoms with Gasteiger partial charge in [-0.05, 0) is 92.4 Å². The van der Waals surface area contributed by atoms with Crippen LogP contribution >= 0.6 is 11.3 Å². The number of alkyl carbamates (subject to hydrolysis) is 1. The number of amides is 2. The highest BCUT2D eigenvalue weighted by Gasteiger charge is 2.28. The molecule has 2 aliphatic rings. The number of nitrogens with one attached hydrogen (secondary N) is 3. The van der Waals surface area contributed by atoms with Gasteiger partial charge in [0.2, 0.25) is 0 Å². The molecule has 2 aliphatic heterocycles. The van der Waals surface area contributed by atoms with Gasteiger partial charge in [-0.15, -0.1) is 0 Å². The number of rotatable bonds is 8. The molecule has 0 saturated carbocycles. The van der Waals surface area contributed by atoms with Crippen LogP contribution in [0.1, 0.15) is 54.0 Å². The average molecular weight is 749 g/mol. The van der Waals surface area contributed by atoms with Crippen LogP contribution in [-0.2, 0) is 17.7 Å². The summed E-state index contributed by atoms with van der Waals surface area (Å²) >= 11 is 1.52. The second kappa shape index (κ2) is 14.2. The topological polar surface area (TPSA) is 128 Å². The number of hydrogen-bond donors (Lipinski definition) is 3. The monoisotopic (exact) mass is 748 g/mol. The molecule has 3 N–H and O–H groups in total. The summed E-state index contributed by atoms with van der Waals surface area (Å²) in [5.41, 5.74) is 5.38. The Kier molecular flexibility index (Phi) is 9.22. The Morgan fingerprint density at radius 1 is 0.926 bits per heavy atom. The minimum absolute atomic E-state index is 0.00625. The Morgan fingerprint density at radius 2 is 1.65 bits per heavy atom. The molecule has 1 fully saturated rings. The van der Waals surface area contributed by atoms with E-state index in [1.54, 1.807) is 27.0 Å². The van der Waals surface area contributed by atoms with E-state index in [1.807, 2.05) is 30.5 Å². The Hall–Kier alpha value is -5.89. The fraction of sp³-hybridized carbons (Fsp3) is 0.275. The fourth-order valence-electron chi connectivity index (χ4n) is 6.92. The quantitative estimate of drug-likeness (QED) is 0.147. The number of hydrogen-bond acceptors (Lipinski definition) is 9. The number of H-pyrrole nitrogens is 1. The molecule has 3 aromatic heterocycles. The molecule has 8 rings (SSSR count). The van der Waals surface area contributed by atoms with E-state index in [0.29, 0.717) is 40.1 Å². The van der Waals surface area contributed by atoms with Gasteiger partial charge in [-0.3, -0.25) is 4.79 Å². The summed E-state index contributed by atoms with van der Waals surface area (Å²) in [6.45, 7) is 8.78. The first kappa shape index (κ1) is 35.2. The molecule has 0 aliphatic carbocycles. The number of ether oxygens (including phenoxy) is 1. The number of pyridine rings is 1. The van der Waals surface area contributed by atoms with Crippen molar-refractivity contribution in [2.24, 2.45) is 0 Å². The Bertz CT molecular complexity index is 2330. The molecule has 0 spiro atoms. The first-order chi connectivity index (χ1) is 26.0. The second-order valence-electron chi connectivity index (χ2n) is 14.4. The van der Waals surface area contributed by atoms with Crippen molar-refractivity contribution in [2.75, 3.05) is 36.0 Å². The maximum absolute atomic E-state index is 14.4. The number of thiazole rings is 1. The van der Waals surface area contributed by atoms with Gasteiger partial charge in [0.25, 0.3) is 5.91 Å². The molecule has 0 bridgehead atoms. The van der Waals surface area contributed by atoms with Gasteiger partial charge in [0.05, 0.1) is 16.4 Å². The second-order valence-corrected chi connectivity index (χ2v) is 15.4. The number of carbonyl (C=O) groups is 2. The molecule has 54 heavy (non-hydrogen) atoms. The van der Waals surface area contributed by atoms with E-state index in [4.69, 9.17) is 14.7 Å². The van der Waals surface area contributed by atoms with Gasteiger partial charge in [0.1, 0.15) is 23.1 Å². The first-order valence-corrected chi connectivity index (χ1v) is 18.5. The molecule has 2 amide bonds. The summed E-state index contributed by atoms with van der Waals surface area (Å²) < 4.78 is 35.3. The number of benzene rings is 3. The normalized spacial score (nSPS) is 14.9. The van der Waals surface area contributed by atoms with Crippen molar-refractivity contribution < 1.29 is 23.1 Å². The summed E-state index contributed by atoms with van der Waals surface area (Å²) in [6, 6.07) is 18.4. The molecule has 1 saturated heterocycles. The van der Waals surface area contributed by atoms with Crippen LogP contribution in [0.3, 0.4) is 0 Å². The van der Waals surface area contributed by atoms with Crippen LogP contribution in [-0.4, -0.2) is 63.7 Å². The number of imidazole rings is 1. The van der Waals surface area contributed by atoms with Crippen LogP contribution in [0.15, 0.2) is 79.1 Å². The summed E-state index contributed by atoms with van der Waals surface area (Å²) in [5.74, 6) is -0.804. The van der Waals surface area contributed by atoms with E-state index < -0.39 is 29.4 Å². The number of piperazine rings is 1. The Labute approximate surface area is 314 Å². The van der Waals surface area contributed by atoms with Gasteiger partial charge < -0.3 is 30.2 Å². The third-order valence-corrected chi connectivity index (χ3v) is 10.5. The van der Waals surface area contributed by atoms with Crippen LogP contribution in [0.25, 0.3) is 32.9 Å². The molecular weight excluding hydrogens is 711 g/mol. The van der Waals surface area contributed by atoms with Crippen LogP contribution in [0.2, 0.25) is 0 Å². The maximum atomic E-state index is 14.4. The molecule has 11 nitrogen and oxygen atoms in total. The Morgan fingerprint density at radius 3 is 2.35 bits per heavy atom.